The lowest BCUT2D eigenvalue weighted by Crippen LogP contribution is -2.37. The summed E-state index contributed by atoms with van der Waals surface area (Å²) in [4.78, 5) is 8.75. The van der Waals surface area contributed by atoms with Crippen molar-refractivity contribution in [3.63, 3.8) is 0 Å². The molecule has 0 amide bonds. The molecule has 12 rings (SSSR count). The largest absolute Gasteiger partial charge is 0.330 e. The Morgan fingerprint density at radius 1 is 0.500 bits per heavy atom. The van der Waals surface area contributed by atoms with Crippen LogP contribution in [0.25, 0.3) is 49.4 Å². The van der Waals surface area contributed by atoms with Crippen molar-refractivity contribution in [2.75, 3.05) is 9.80 Å². The molecule has 0 saturated carbocycles. The summed E-state index contributed by atoms with van der Waals surface area (Å²) in [5, 5.41) is 10.3. The molecule has 0 N–H and O–H groups in total. The number of nitriles is 1. The average molecular weight is 949 g/mol. The molecule has 74 heavy (non-hydrogen) atoms. The van der Waals surface area contributed by atoms with Gasteiger partial charge in [-0.3, -0.25) is 0 Å². The summed E-state index contributed by atoms with van der Waals surface area (Å²) in [6.45, 7) is 16.7. The molecule has 2 atom stereocenters. The van der Waals surface area contributed by atoms with Crippen LogP contribution < -0.4 is 9.80 Å². The number of anilines is 4. The van der Waals surface area contributed by atoms with Crippen LogP contribution in [0.15, 0.2) is 264 Å². The molecule has 352 valence electrons. The van der Waals surface area contributed by atoms with Crippen molar-refractivity contribution in [2.45, 2.75) is 33.7 Å². The van der Waals surface area contributed by atoms with Crippen LogP contribution in [0.5, 0.6) is 0 Å². The Labute approximate surface area is 435 Å². The molecule has 8 aromatic carbocycles. The van der Waals surface area contributed by atoms with E-state index in [1.54, 1.807) is 0 Å². The lowest BCUT2D eigenvalue weighted by molar-refractivity contribution is 0.773. The second-order valence-electron chi connectivity index (χ2n) is 19.8. The van der Waals surface area contributed by atoms with Gasteiger partial charge < -0.3 is 9.80 Å². The van der Waals surface area contributed by atoms with Crippen molar-refractivity contribution in [2.24, 2.45) is 5.92 Å². The second-order valence-corrected chi connectivity index (χ2v) is 19.8. The SMILES string of the molecule is [C-]#[N+]c1cccc(N(C2=C3C=CC4=C5C(=CC=C(C=C2)C35)C(N(c2cccc(C#N)c2)c2ccc(-c3cccc(C)c3)cc2-c2cccc(C)c2)C=C4)c2ccc(-c3cccc(C)c3)cc2-c2cccc(C)c2)c1. The Hall–Kier alpha value is -9.48. The Balaban J connectivity index is 1.04. The summed E-state index contributed by atoms with van der Waals surface area (Å²) in [7, 11) is 0. The van der Waals surface area contributed by atoms with Crippen molar-refractivity contribution in [1.82, 2.24) is 0 Å². The van der Waals surface area contributed by atoms with Gasteiger partial charge in [0.1, 0.15) is 0 Å². The molecule has 2 unspecified atom stereocenters. The van der Waals surface area contributed by atoms with Crippen LogP contribution in [0.2, 0.25) is 0 Å². The highest BCUT2D eigenvalue weighted by molar-refractivity contribution is 5.92. The van der Waals surface area contributed by atoms with Gasteiger partial charge in [-0.25, -0.2) is 4.85 Å². The number of rotatable bonds is 10. The minimum atomic E-state index is -0.232. The highest BCUT2D eigenvalue weighted by atomic mass is 15.2. The first-order valence-electron chi connectivity index (χ1n) is 25.3. The third-order valence-corrected chi connectivity index (χ3v) is 14.8. The van der Waals surface area contributed by atoms with E-state index in [9.17, 15) is 5.26 Å². The minimum absolute atomic E-state index is 0.0739. The zero-order valence-corrected chi connectivity index (χ0v) is 41.9. The van der Waals surface area contributed by atoms with E-state index in [4.69, 9.17) is 6.57 Å². The number of aryl methyl sites for hydroxylation is 4. The Morgan fingerprint density at radius 2 is 1.07 bits per heavy atom. The maximum absolute atomic E-state index is 10.3. The number of hydrogen-bond acceptors (Lipinski definition) is 3. The Bertz CT molecular complexity index is 3950. The highest BCUT2D eigenvalue weighted by Gasteiger charge is 2.40. The van der Waals surface area contributed by atoms with E-state index in [1.165, 1.54) is 61.2 Å². The predicted molar refractivity (Wildman–Crippen MR) is 307 cm³/mol. The topological polar surface area (TPSA) is 34.6 Å². The van der Waals surface area contributed by atoms with E-state index in [1.807, 2.05) is 36.4 Å². The zero-order valence-electron chi connectivity index (χ0n) is 41.9. The summed E-state index contributed by atoms with van der Waals surface area (Å²) in [6.07, 6.45) is 18.4. The number of allylic oxidation sites excluding steroid dienone is 10. The molecule has 4 heteroatoms. The highest BCUT2D eigenvalue weighted by Crippen LogP contribution is 2.53. The van der Waals surface area contributed by atoms with Crippen molar-refractivity contribution in [3.8, 4) is 50.6 Å². The summed E-state index contributed by atoms with van der Waals surface area (Å²) in [5.74, 6) is -0.0739. The van der Waals surface area contributed by atoms with Crippen LogP contribution >= 0.6 is 0 Å². The first kappa shape index (κ1) is 45.6. The summed E-state index contributed by atoms with van der Waals surface area (Å²) in [6, 6.07) is 66.9. The molecule has 8 aromatic rings. The van der Waals surface area contributed by atoms with Crippen molar-refractivity contribution in [3.05, 3.63) is 303 Å². The van der Waals surface area contributed by atoms with E-state index >= 15 is 0 Å². The normalized spacial score (nSPS) is 16.0. The third kappa shape index (κ3) is 8.33. The van der Waals surface area contributed by atoms with Crippen LogP contribution in [-0.4, -0.2) is 6.04 Å². The van der Waals surface area contributed by atoms with Gasteiger partial charge in [-0.1, -0.05) is 192 Å². The number of nitrogens with zero attached hydrogens (tertiary/aromatic N) is 4. The van der Waals surface area contributed by atoms with Gasteiger partial charge in [0.05, 0.1) is 35.6 Å². The van der Waals surface area contributed by atoms with Gasteiger partial charge in [-0.15, -0.1) is 0 Å². The van der Waals surface area contributed by atoms with Gasteiger partial charge in [-0.2, -0.15) is 5.26 Å². The fourth-order valence-corrected chi connectivity index (χ4v) is 11.4. The molecule has 4 aliphatic carbocycles. The minimum Gasteiger partial charge on any atom is -0.330 e. The maximum Gasteiger partial charge on any atom is 0.189 e. The van der Waals surface area contributed by atoms with E-state index in [0.717, 1.165) is 61.8 Å². The van der Waals surface area contributed by atoms with Crippen molar-refractivity contribution >= 4 is 28.4 Å². The van der Waals surface area contributed by atoms with E-state index < -0.39 is 0 Å². The van der Waals surface area contributed by atoms with Crippen molar-refractivity contribution < 1.29 is 0 Å². The maximum atomic E-state index is 10.3. The molecular weight excluding hydrogens is 897 g/mol. The van der Waals surface area contributed by atoms with Gasteiger partial charge >= 0.3 is 0 Å². The smallest absolute Gasteiger partial charge is 0.189 e. The lowest BCUT2D eigenvalue weighted by Gasteiger charge is -2.44. The van der Waals surface area contributed by atoms with Gasteiger partial charge in [0.15, 0.2) is 5.69 Å². The van der Waals surface area contributed by atoms with E-state index in [-0.39, 0.29) is 12.0 Å². The van der Waals surface area contributed by atoms with Gasteiger partial charge in [0.2, 0.25) is 0 Å². The molecule has 0 aromatic heterocycles. The molecule has 0 radical (unpaired) electrons. The Kier molecular flexibility index (Phi) is 11.7. The van der Waals surface area contributed by atoms with E-state index in [0.29, 0.717) is 11.3 Å². The number of benzene rings is 8. The average Bonchev–Trinajstić information content (AvgIpc) is 3.44. The molecule has 4 aliphatic rings. The molecular formula is C70H52N4. The zero-order chi connectivity index (χ0) is 50.5. The van der Waals surface area contributed by atoms with Crippen LogP contribution in [0, 0.1) is 51.5 Å². The van der Waals surface area contributed by atoms with E-state index in [2.05, 4.69) is 243 Å². The molecule has 0 bridgehead atoms. The van der Waals surface area contributed by atoms with Gasteiger partial charge in [0, 0.05) is 34.1 Å². The number of hydrogen-bond donors (Lipinski definition) is 0. The summed E-state index contributed by atoms with van der Waals surface area (Å²) >= 11 is 0. The molecule has 0 aliphatic heterocycles. The molecule has 0 fully saturated rings. The third-order valence-electron chi connectivity index (χ3n) is 14.8. The quantitative estimate of drug-likeness (QED) is 0.128. The summed E-state index contributed by atoms with van der Waals surface area (Å²) in [5.41, 5.74) is 26.1. The first-order chi connectivity index (χ1) is 36.2. The molecule has 0 heterocycles. The van der Waals surface area contributed by atoms with Crippen LogP contribution in [0.4, 0.5) is 28.4 Å². The molecule has 4 nitrogen and oxygen atoms in total. The van der Waals surface area contributed by atoms with Gasteiger partial charge in [0.25, 0.3) is 0 Å². The van der Waals surface area contributed by atoms with Crippen LogP contribution in [0.3, 0.4) is 0 Å². The van der Waals surface area contributed by atoms with Crippen LogP contribution in [0.1, 0.15) is 27.8 Å². The monoisotopic (exact) mass is 948 g/mol. The van der Waals surface area contributed by atoms with Gasteiger partial charge in [-0.05, 0) is 150 Å². The fourth-order valence-electron chi connectivity index (χ4n) is 11.4. The second kappa shape index (κ2) is 18.9. The standard InChI is InChI=1S/C70H52N4/c1-45-12-6-17-52(36-45)54-28-34-67(63(41-54)56-19-8-14-47(3)38-56)73(59-22-10-16-49(40-59)44-71)65-32-26-50-25-31-62-66(33-27-51-24-30-61(65)69(50)70(51)62)74(60-23-11-21-58(43-60)72-5)68-35-29-55(53-18-7-13-46(2)37-53)42-64(68)57-20-9-15-48(4)39-57/h6-43,65,70H,1-4H3. The fraction of sp³-hybridized carbons (Fsp3) is 0.0857. The lowest BCUT2D eigenvalue weighted by atomic mass is 9.67. The summed E-state index contributed by atoms with van der Waals surface area (Å²) < 4.78 is 0. The predicted octanol–water partition coefficient (Wildman–Crippen LogP) is 18.1. The first-order valence-corrected chi connectivity index (χ1v) is 25.3. The molecule has 0 saturated heterocycles. The molecule has 0 spiro atoms. The van der Waals surface area contributed by atoms with Crippen molar-refractivity contribution in [1.29, 1.82) is 5.26 Å². The van der Waals surface area contributed by atoms with Crippen LogP contribution in [-0.2, 0) is 0 Å². The Morgan fingerprint density at radius 3 is 1.70 bits per heavy atom.